The van der Waals surface area contributed by atoms with Crippen molar-refractivity contribution < 1.29 is 9.53 Å². The molecule has 0 fully saturated rings. The van der Waals surface area contributed by atoms with E-state index < -0.39 is 0 Å². The Balaban J connectivity index is 1.91. The van der Waals surface area contributed by atoms with E-state index in [0.717, 1.165) is 17.0 Å². The largest absolute Gasteiger partial charge is 0.497 e. The summed E-state index contributed by atoms with van der Waals surface area (Å²) >= 11 is 1.63. The van der Waals surface area contributed by atoms with Gasteiger partial charge in [-0.25, -0.2) is 0 Å². The molecule has 1 atom stereocenters. The number of hydrogen-bond acceptors (Lipinski definition) is 3. The standard InChI is InChI=1S/C17H21NO2S/c1-13(11-14-6-8-15(20-3)9-7-14)18(2)17(19)12-16-5-4-10-21-16/h4-10,13H,11-12H2,1-3H3/t13-/m0/s1. The number of hydrogen-bond donors (Lipinski definition) is 0. The molecule has 1 aromatic carbocycles. The number of amides is 1. The van der Waals surface area contributed by atoms with Gasteiger partial charge in [-0.3, -0.25) is 4.79 Å². The number of benzene rings is 1. The average Bonchev–Trinajstić information content (AvgIpc) is 3.00. The summed E-state index contributed by atoms with van der Waals surface area (Å²) in [7, 11) is 3.54. The minimum absolute atomic E-state index is 0.165. The molecule has 0 aliphatic rings. The van der Waals surface area contributed by atoms with Crippen LogP contribution in [0.3, 0.4) is 0 Å². The minimum atomic E-state index is 0.165. The van der Waals surface area contributed by atoms with E-state index in [1.165, 1.54) is 5.56 Å². The van der Waals surface area contributed by atoms with Crippen molar-refractivity contribution in [3.05, 3.63) is 52.2 Å². The highest BCUT2D eigenvalue weighted by molar-refractivity contribution is 7.10. The Kier molecular flexibility index (Phi) is 5.39. The Morgan fingerprint density at radius 3 is 2.57 bits per heavy atom. The summed E-state index contributed by atoms with van der Waals surface area (Å²) in [6, 6.07) is 12.2. The van der Waals surface area contributed by atoms with Crippen molar-refractivity contribution in [2.24, 2.45) is 0 Å². The normalized spacial score (nSPS) is 12.0. The van der Waals surface area contributed by atoms with Gasteiger partial charge in [-0.1, -0.05) is 18.2 Å². The van der Waals surface area contributed by atoms with Gasteiger partial charge in [0.1, 0.15) is 5.75 Å². The predicted octanol–water partition coefficient (Wildman–Crippen LogP) is 3.39. The van der Waals surface area contributed by atoms with Gasteiger partial charge >= 0.3 is 0 Å². The van der Waals surface area contributed by atoms with E-state index in [1.807, 2.05) is 53.7 Å². The summed E-state index contributed by atoms with van der Waals surface area (Å²) in [5, 5.41) is 2.00. The van der Waals surface area contributed by atoms with Gasteiger partial charge in [0.25, 0.3) is 0 Å². The molecular formula is C17H21NO2S. The van der Waals surface area contributed by atoms with Gasteiger partial charge < -0.3 is 9.64 Å². The molecule has 2 aromatic rings. The van der Waals surface area contributed by atoms with Crippen LogP contribution in [0, 0.1) is 0 Å². The van der Waals surface area contributed by atoms with Crippen molar-refractivity contribution in [2.45, 2.75) is 25.8 Å². The number of rotatable bonds is 6. The third-order valence-corrected chi connectivity index (χ3v) is 4.53. The van der Waals surface area contributed by atoms with Gasteiger partial charge in [0, 0.05) is 18.0 Å². The van der Waals surface area contributed by atoms with Crippen LogP contribution >= 0.6 is 11.3 Å². The topological polar surface area (TPSA) is 29.5 Å². The molecule has 1 aromatic heterocycles. The maximum Gasteiger partial charge on any atom is 0.227 e. The first-order valence-corrected chi connectivity index (χ1v) is 7.89. The Bertz CT molecular complexity index is 563. The lowest BCUT2D eigenvalue weighted by molar-refractivity contribution is -0.130. The second-order valence-corrected chi connectivity index (χ2v) is 6.19. The zero-order chi connectivity index (χ0) is 15.2. The highest BCUT2D eigenvalue weighted by atomic mass is 32.1. The first-order chi connectivity index (χ1) is 10.1. The predicted molar refractivity (Wildman–Crippen MR) is 87.0 cm³/mol. The molecular weight excluding hydrogens is 282 g/mol. The molecule has 3 nitrogen and oxygen atoms in total. The molecule has 0 aliphatic carbocycles. The number of ether oxygens (including phenoxy) is 1. The molecule has 1 heterocycles. The molecule has 21 heavy (non-hydrogen) atoms. The van der Waals surface area contributed by atoms with Crippen LogP contribution in [0.1, 0.15) is 17.4 Å². The molecule has 0 radical (unpaired) electrons. The molecule has 0 saturated carbocycles. The number of likely N-dealkylation sites (N-methyl/N-ethyl adjacent to an activating group) is 1. The van der Waals surface area contributed by atoms with Crippen LogP contribution in [0.15, 0.2) is 41.8 Å². The summed E-state index contributed by atoms with van der Waals surface area (Å²) in [6.07, 6.45) is 1.33. The Morgan fingerprint density at radius 2 is 2.00 bits per heavy atom. The van der Waals surface area contributed by atoms with Crippen molar-refractivity contribution >= 4 is 17.2 Å². The Labute approximate surface area is 130 Å². The number of methoxy groups -OCH3 is 1. The number of carbonyl (C=O) groups excluding carboxylic acids is 1. The van der Waals surface area contributed by atoms with E-state index in [0.29, 0.717) is 6.42 Å². The van der Waals surface area contributed by atoms with Crippen molar-refractivity contribution in [3.8, 4) is 5.75 Å². The molecule has 0 N–H and O–H groups in total. The quantitative estimate of drug-likeness (QED) is 0.818. The molecule has 1 amide bonds. The highest BCUT2D eigenvalue weighted by Crippen LogP contribution is 2.15. The van der Waals surface area contributed by atoms with Gasteiger partial charge in [-0.05, 0) is 42.5 Å². The van der Waals surface area contributed by atoms with Gasteiger partial charge in [0.05, 0.1) is 13.5 Å². The number of nitrogens with zero attached hydrogens (tertiary/aromatic N) is 1. The fraction of sp³-hybridized carbons (Fsp3) is 0.353. The van der Waals surface area contributed by atoms with E-state index in [2.05, 4.69) is 6.92 Å². The molecule has 2 rings (SSSR count). The Hall–Kier alpha value is -1.81. The summed E-state index contributed by atoms with van der Waals surface area (Å²) in [6.45, 7) is 2.08. The summed E-state index contributed by atoms with van der Waals surface area (Å²) < 4.78 is 5.16. The van der Waals surface area contributed by atoms with Crippen molar-refractivity contribution in [1.29, 1.82) is 0 Å². The van der Waals surface area contributed by atoms with Crippen LogP contribution in [-0.4, -0.2) is 31.0 Å². The second kappa shape index (κ2) is 7.27. The minimum Gasteiger partial charge on any atom is -0.497 e. The fourth-order valence-electron chi connectivity index (χ4n) is 2.17. The lowest BCUT2D eigenvalue weighted by Crippen LogP contribution is -2.37. The van der Waals surface area contributed by atoms with Crippen LogP contribution in [0.5, 0.6) is 5.75 Å². The monoisotopic (exact) mass is 303 g/mol. The summed E-state index contributed by atoms with van der Waals surface area (Å²) in [4.78, 5) is 15.2. The van der Waals surface area contributed by atoms with Crippen LogP contribution in [0.2, 0.25) is 0 Å². The van der Waals surface area contributed by atoms with E-state index in [1.54, 1.807) is 18.4 Å². The molecule has 0 spiro atoms. The zero-order valence-corrected chi connectivity index (χ0v) is 13.5. The first kappa shape index (κ1) is 15.6. The first-order valence-electron chi connectivity index (χ1n) is 7.01. The lowest BCUT2D eigenvalue weighted by Gasteiger charge is -2.25. The van der Waals surface area contributed by atoms with Crippen molar-refractivity contribution in [2.75, 3.05) is 14.2 Å². The SMILES string of the molecule is COc1ccc(C[C@H](C)N(C)C(=O)Cc2cccs2)cc1. The van der Waals surface area contributed by atoms with Gasteiger partial charge in [-0.2, -0.15) is 0 Å². The molecule has 0 aliphatic heterocycles. The van der Waals surface area contributed by atoms with Crippen molar-refractivity contribution in [3.63, 3.8) is 0 Å². The van der Waals surface area contributed by atoms with E-state index in [9.17, 15) is 4.79 Å². The van der Waals surface area contributed by atoms with E-state index in [-0.39, 0.29) is 11.9 Å². The maximum atomic E-state index is 12.3. The Morgan fingerprint density at radius 1 is 1.29 bits per heavy atom. The van der Waals surface area contributed by atoms with Gasteiger partial charge in [-0.15, -0.1) is 11.3 Å². The maximum absolute atomic E-state index is 12.3. The van der Waals surface area contributed by atoms with Gasteiger partial charge in [0.15, 0.2) is 0 Å². The van der Waals surface area contributed by atoms with E-state index in [4.69, 9.17) is 4.74 Å². The van der Waals surface area contributed by atoms with Crippen LogP contribution < -0.4 is 4.74 Å². The van der Waals surface area contributed by atoms with Crippen molar-refractivity contribution in [1.82, 2.24) is 4.90 Å². The summed E-state index contributed by atoms with van der Waals surface area (Å²) in [5.74, 6) is 1.02. The van der Waals surface area contributed by atoms with Crippen LogP contribution in [0.25, 0.3) is 0 Å². The number of thiophene rings is 1. The van der Waals surface area contributed by atoms with Crippen LogP contribution in [-0.2, 0) is 17.6 Å². The molecule has 4 heteroatoms. The molecule has 0 unspecified atom stereocenters. The average molecular weight is 303 g/mol. The lowest BCUT2D eigenvalue weighted by atomic mass is 10.1. The molecule has 112 valence electrons. The number of carbonyl (C=O) groups is 1. The summed E-state index contributed by atoms with van der Waals surface area (Å²) in [5.41, 5.74) is 1.21. The molecule has 0 bridgehead atoms. The highest BCUT2D eigenvalue weighted by Gasteiger charge is 2.16. The fourth-order valence-corrected chi connectivity index (χ4v) is 2.87. The smallest absolute Gasteiger partial charge is 0.227 e. The zero-order valence-electron chi connectivity index (χ0n) is 12.7. The second-order valence-electron chi connectivity index (χ2n) is 5.16. The van der Waals surface area contributed by atoms with Crippen LogP contribution in [0.4, 0.5) is 0 Å². The third kappa shape index (κ3) is 4.33. The molecule has 0 saturated heterocycles. The van der Waals surface area contributed by atoms with Gasteiger partial charge in [0.2, 0.25) is 5.91 Å². The van der Waals surface area contributed by atoms with E-state index >= 15 is 0 Å². The third-order valence-electron chi connectivity index (χ3n) is 3.65.